The van der Waals surface area contributed by atoms with Gasteiger partial charge in [-0.25, -0.2) is 0 Å². The van der Waals surface area contributed by atoms with Gasteiger partial charge in [0.25, 0.3) is 0 Å². The van der Waals surface area contributed by atoms with Crippen LogP contribution in [0.4, 0.5) is 0 Å². The van der Waals surface area contributed by atoms with Crippen molar-refractivity contribution in [3.8, 4) is 0 Å². The molecule has 0 aromatic carbocycles. The van der Waals surface area contributed by atoms with E-state index in [1.54, 1.807) is 0 Å². The molecule has 120 valence electrons. The SMILES string of the molecule is COC(=O)[C@H](C)N1CCN(C(=O)CCC2CCCC2)CC1. The lowest BCUT2D eigenvalue weighted by Crippen LogP contribution is -2.53. The Bertz CT molecular complexity index is 359. The molecular weight excluding hydrogens is 268 g/mol. The number of esters is 1. The third kappa shape index (κ3) is 4.43. The molecule has 0 aromatic rings. The van der Waals surface area contributed by atoms with Crippen LogP contribution in [0.5, 0.6) is 0 Å². The van der Waals surface area contributed by atoms with Crippen LogP contribution in [0.3, 0.4) is 0 Å². The lowest BCUT2D eigenvalue weighted by molar-refractivity contribution is -0.147. The lowest BCUT2D eigenvalue weighted by atomic mass is 10.0. The van der Waals surface area contributed by atoms with E-state index in [-0.39, 0.29) is 17.9 Å². The van der Waals surface area contributed by atoms with Crippen LogP contribution in [0, 0.1) is 5.92 Å². The number of ether oxygens (including phenoxy) is 1. The van der Waals surface area contributed by atoms with Crippen LogP contribution < -0.4 is 0 Å². The predicted molar refractivity (Wildman–Crippen MR) is 80.8 cm³/mol. The van der Waals surface area contributed by atoms with Crippen LogP contribution >= 0.6 is 0 Å². The van der Waals surface area contributed by atoms with Gasteiger partial charge in [0.05, 0.1) is 7.11 Å². The van der Waals surface area contributed by atoms with Crippen molar-refractivity contribution in [2.45, 2.75) is 51.5 Å². The summed E-state index contributed by atoms with van der Waals surface area (Å²) in [7, 11) is 1.42. The molecule has 0 aromatic heterocycles. The van der Waals surface area contributed by atoms with Gasteiger partial charge in [0, 0.05) is 32.6 Å². The summed E-state index contributed by atoms with van der Waals surface area (Å²) in [6.07, 6.45) is 7.02. The monoisotopic (exact) mass is 296 g/mol. The number of carbonyl (C=O) groups excluding carboxylic acids is 2. The van der Waals surface area contributed by atoms with Crippen LogP contribution in [0.1, 0.15) is 45.4 Å². The fourth-order valence-electron chi connectivity index (χ4n) is 3.46. The highest BCUT2D eigenvalue weighted by molar-refractivity contribution is 5.77. The summed E-state index contributed by atoms with van der Waals surface area (Å²) in [4.78, 5) is 27.8. The van der Waals surface area contributed by atoms with Crippen LogP contribution in [-0.2, 0) is 14.3 Å². The third-order valence-corrected chi connectivity index (χ3v) is 5.00. The molecule has 5 heteroatoms. The van der Waals surface area contributed by atoms with Crippen LogP contribution in [-0.4, -0.2) is 61.0 Å². The first kappa shape index (κ1) is 16.3. The van der Waals surface area contributed by atoms with Crippen molar-refractivity contribution in [1.82, 2.24) is 9.80 Å². The maximum Gasteiger partial charge on any atom is 0.322 e. The van der Waals surface area contributed by atoms with Gasteiger partial charge in [-0.2, -0.15) is 0 Å². The maximum absolute atomic E-state index is 12.2. The number of hydrogen-bond donors (Lipinski definition) is 0. The molecule has 2 fully saturated rings. The fraction of sp³-hybridized carbons (Fsp3) is 0.875. The first-order chi connectivity index (χ1) is 10.1. The van der Waals surface area contributed by atoms with Crippen molar-refractivity contribution in [1.29, 1.82) is 0 Å². The van der Waals surface area contributed by atoms with Crippen LogP contribution in [0.25, 0.3) is 0 Å². The molecule has 21 heavy (non-hydrogen) atoms. The van der Waals surface area contributed by atoms with Gasteiger partial charge in [-0.3, -0.25) is 14.5 Å². The van der Waals surface area contributed by atoms with Crippen LogP contribution in [0.2, 0.25) is 0 Å². The van der Waals surface area contributed by atoms with Crippen molar-refractivity contribution in [2.75, 3.05) is 33.3 Å². The van der Waals surface area contributed by atoms with E-state index in [2.05, 4.69) is 4.90 Å². The average molecular weight is 296 g/mol. The topological polar surface area (TPSA) is 49.9 Å². The molecule has 1 saturated carbocycles. The second-order valence-corrected chi connectivity index (χ2v) is 6.31. The van der Waals surface area contributed by atoms with E-state index in [1.807, 2.05) is 11.8 Å². The van der Waals surface area contributed by atoms with E-state index in [0.29, 0.717) is 6.42 Å². The molecule has 1 saturated heterocycles. The van der Waals surface area contributed by atoms with Gasteiger partial charge in [-0.15, -0.1) is 0 Å². The van der Waals surface area contributed by atoms with E-state index >= 15 is 0 Å². The molecule has 2 rings (SSSR count). The van der Waals surface area contributed by atoms with Crippen molar-refractivity contribution in [3.63, 3.8) is 0 Å². The highest BCUT2D eigenvalue weighted by atomic mass is 16.5. The van der Waals surface area contributed by atoms with Crippen molar-refractivity contribution in [2.24, 2.45) is 5.92 Å². The van der Waals surface area contributed by atoms with Gasteiger partial charge in [0.1, 0.15) is 6.04 Å². The molecule has 1 aliphatic heterocycles. The number of piperazine rings is 1. The molecule has 1 aliphatic carbocycles. The molecule has 1 heterocycles. The van der Waals surface area contributed by atoms with E-state index in [1.165, 1.54) is 32.8 Å². The molecule has 1 amide bonds. The number of methoxy groups -OCH3 is 1. The maximum atomic E-state index is 12.2. The van der Waals surface area contributed by atoms with Crippen molar-refractivity contribution in [3.05, 3.63) is 0 Å². The minimum Gasteiger partial charge on any atom is -0.468 e. The Morgan fingerprint density at radius 2 is 1.76 bits per heavy atom. The quantitative estimate of drug-likeness (QED) is 0.724. The van der Waals surface area contributed by atoms with Gasteiger partial charge in [0.2, 0.25) is 5.91 Å². The Morgan fingerprint density at radius 3 is 2.33 bits per heavy atom. The van der Waals surface area contributed by atoms with Crippen molar-refractivity contribution < 1.29 is 14.3 Å². The summed E-state index contributed by atoms with van der Waals surface area (Å²) in [5, 5.41) is 0. The van der Waals surface area contributed by atoms with E-state index in [9.17, 15) is 9.59 Å². The number of nitrogens with zero attached hydrogens (tertiary/aromatic N) is 2. The zero-order valence-corrected chi connectivity index (χ0v) is 13.3. The Morgan fingerprint density at radius 1 is 1.14 bits per heavy atom. The van der Waals surface area contributed by atoms with E-state index < -0.39 is 0 Å². The molecular formula is C16H28N2O3. The highest BCUT2D eigenvalue weighted by Crippen LogP contribution is 2.28. The summed E-state index contributed by atoms with van der Waals surface area (Å²) in [5.41, 5.74) is 0. The molecule has 0 N–H and O–H groups in total. The molecule has 0 unspecified atom stereocenters. The van der Waals surface area contributed by atoms with Crippen molar-refractivity contribution >= 4 is 11.9 Å². The fourth-order valence-corrected chi connectivity index (χ4v) is 3.46. The summed E-state index contributed by atoms with van der Waals surface area (Å²) in [6.45, 7) is 4.83. The second-order valence-electron chi connectivity index (χ2n) is 6.31. The van der Waals surface area contributed by atoms with Gasteiger partial charge in [0.15, 0.2) is 0 Å². The van der Waals surface area contributed by atoms with Gasteiger partial charge in [-0.1, -0.05) is 25.7 Å². The third-order valence-electron chi connectivity index (χ3n) is 5.00. The number of carbonyl (C=O) groups is 2. The minimum absolute atomic E-state index is 0.198. The van der Waals surface area contributed by atoms with Crippen LogP contribution in [0.15, 0.2) is 0 Å². The van der Waals surface area contributed by atoms with Gasteiger partial charge < -0.3 is 9.64 Å². The summed E-state index contributed by atoms with van der Waals surface area (Å²) < 4.78 is 4.77. The Hall–Kier alpha value is -1.10. The predicted octanol–water partition coefficient (Wildman–Crippen LogP) is 1.66. The molecule has 0 radical (unpaired) electrons. The number of rotatable bonds is 5. The van der Waals surface area contributed by atoms with Gasteiger partial charge >= 0.3 is 5.97 Å². The summed E-state index contributed by atoms with van der Waals surface area (Å²) in [5.74, 6) is 0.859. The highest BCUT2D eigenvalue weighted by Gasteiger charge is 2.28. The Balaban J connectivity index is 1.70. The normalized spacial score (nSPS) is 22.3. The lowest BCUT2D eigenvalue weighted by Gasteiger charge is -2.37. The molecule has 0 bridgehead atoms. The summed E-state index contributed by atoms with van der Waals surface area (Å²) in [6, 6.07) is -0.217. The minimum atomic E-state index is -0.217. The van der Waals surface area contributed by atoms with E-state index in [0.717, 1.165) is 38.5 Å². The molecule has 0 spiro atoms. The Labute approximate surface area is 127 Å². The van der Waals surface area contributed by atoms with Gasteiger partial charge in [-0.05, 0) is 19.3 Å². The second kappa shape index (κ2) is 7.78. The van der Waals surface area contributed by atoms with E-state index in [4.69, 9.17) is 4.74 Å². The molecule has 1 atom stereocenters. The smallest absolute Gasteiger partial charge is 0.322 e. The molecule has 2 aliphatic rings. The number of hydrogen-bond acceptors (Lipinski definition) is 4. The number of amides is 1. The first-order valence-corrected chi connectivity index (χ1v) is 8.21. The zero-order valence-electron chi connectivity index (χ0n) is 13.3. The zero-order chi connectivity index (χ0) is 15.2. The average Bonchev–Trinajstić information content (AvgIpc) is 3.04. The molecule has 5 nitrogen and oxygen atoms in total. The summed E-state index contributed by atoms with van der Waals surface area (Å²) >= 11 is 0. The largest absolute Gasteiger partial charge is 0.468 e. The Kier molecular flexibility index (Phi) is 6.03. The standard InChI is InChI=1S/C16H28N2O3/c1-13(16(20)21-2)17-9-11-18(12-10-17)15(19)8-7-14-5-3-4-6-14/h13-14H,3-12H2,1-2H3/t13-/m0/s1. The first-order valence-electron chi connectivity index (χ1n) is 8.21.